The lowest BCUT2D eigenvalue weighted by molar-refractivity contribution is -0.275. The molecule has 8 nitrogen and oxygen atoms in total. The highest BCUT2D eigenvalue weighted by atomic mass is 19.4. The van der Waals surface area contributed by atoms with Crippen LogP contribution in [0.3, 0.4) is 0 Å². The summed E-state index contributed by atoms with van der Waals surface area (Å²) in [6, 6.07) is 10.3. The molecule has 0 bridgehead atoms. The normalized spacial score (nSPS) is 18.6. The molecule has 0 saturated heterocycles. The molecule has 1 aliphatic heterocycles. The fourth-order valence-corrected chi connectivity index (χ4v) is 4.41. The van der Waals surface area contributed by atoms with Gasteiger partial charge in [0.1, 0.15) is 17.0 Å². The summed E-state index contributed by atoms with van der Waals surface area (Å²) in [5.74, 6) is -3.77. The van der Waals surface area contributed by atoms with Gasteiger partial charge in [-0.1, -0.05) is 6.07 Å². The second kappa shape index (κ2) is 9.51. The van der Waals surface area contributed by atoms with Crippen molar-refractivity contribution < 1.29 is 41.7 Å². The first-order valence-corrected chi connectivity index (χ1v) is 11.7. The van der Waals surface area contributed by atoms with Crippen LogP contribution in [-0.4, -0.2) is 41.0 Å². The first-order chi connectivity index (χ1) is 18.1. The van der Waals surface area contributed by atoms with Crippen molar-refractivity contribution >= 4 is 17.6 Å². The number of hydrogen-bond donors (Lipinski definition) is 3. The van der Waals surface area contributed by atoms with Crippen molar-refractivity contribution in [1.82, 2.24) is 10.3 Å². The van der Waals surface area contributed by atoms with Crippen LogP contribution in [0.25, 0.3) is 0 Å². The van der Waals surface area contributed by atoms with E-state index in [-0.39, 0.29) is 47.1 Å². The van der Waals surface area contributed by atoms with Gasteiger partial charge in [0.05, 0.1) is 12.2 Å². The molecule has 3 aromatic rings. The van der Waals surface area contributed by atoms with Gasteiger partial charge in [0.2, 0.25) is 0 Å². The fraction of sp³-hybridized carbons (Fsp3) is 0.269. The van der Waals surface area contributed by atoms with E-state index in [1.54, 1.807) is 12.1 Å². The van der Waals surface area contributed by atoms with Crippen LogP contribution in [0.4, 0.5) is 23.2 Å². The van der Waals surface area contributed by atoms with Gasteiger partial charge in [-0.25, -0.2) is 9.18 Å². The van der Waals surface area contributed by atoms with Gasteiger partial charge in [-0.05, 0) is 60.9 Å². The predicted molar refractivity (Wildman–Crippen MR) is 126 cm³/mol. The maximum atomic E-state index is 14.8. The molecule has 1 atom stereocenters. The number of carboxylic acid groups (broad SMARTS) is 1. The van der Waals surface area contributed by atoms with Crippen LogP contribution >= 0.6 is 0 Å². The Morgan fingerprint density at radius 2 is 1.92 bits per heavy atom. The summed E-state index contributed by atoms with van der Waals surface area (Å²) >= 11 is 0. The van der Waals surface area contributed by atoms with Crippen molar-refractivity contribution in [3.63, 3.8) is 0 Å². The van der Waals surface area contributed by atoms with E-state index in [9.17, 15) is 32.3 Å². The van der Waals surface area contributed by atoms with Gasteiger partial charge in [-0.2, -0.15) is 0 Å². The quantitative estimate of drug-likeness (QED) is 0.374. The number of halogens is 4. The highest BCUT2D eigenvalue weighted by Crippen LogP contribution is 2.42. The molecule has 1 amide bonds. The van der Waals surface area contributed by atoms with Gasteiger partial charge in [0.25, 0.3) is 5.91 Å². The highest BCUT2D eigenvalue weighted by molar-refractivity contribution is 6.00. The molecule has 1 saturated carbocycles. The summed E-state index contributed by atoms with van der Waals surface area (Å²) in [6.07, 6.45) is -1.80. The topological polar surface area (TPSA) is 110 Å². The SMILES string of the molecule is O=C(N[C@]1(c2ccc(OC(F)(F)F)c(F)c2)CCOc2cccnc21)c1ccc(C(=O)O)c(NC2CC2)c1. The number of nitrogens with zero attached hydrogens (tertiary/aromatic N) is 1. The average molecular weight is 531 g/mol. The summed E-state index contributed by atoms with van der Waals surface area (Å²) in [7, 11) is 0. The molecule has 12 heteroatoms. The van der Waals surface area contributed by atoms with Gasteiger partial charge < -0.3 is 25.2 Å². The van der Waals surface area contributed by atoms with E-state index >= 15 is 0 Å². The van der Waals surface area contributed by atoms with E-state index in [4.69, 9.17) is 4.74 Å². The number of pyridine rings is 1. The van der Waals surface area contributed by atoms with Crippen LogP contribution in [0.5, 0.6) is 11.5 Å². The Bertz CT molecular complexity index is 1410. The van der Waals surface area contributed by atoms with Crippen molar-refractivity contribution in [3.8, 4) is 11.5 Å². The average Bonchev–Trinajstić information content (AvgIpc) is 3.68. The first kappa shape index (κ1) is 25.3. The van der Waals surface area contributed by atoms with Gasteiger partial charge in [0, 0.05) is 29.9 Å². The number of carbonyl (C=O) groups excluding carboxylic acids is 1. The third-order valence-corrected chi connectivity index (χ3v) is 6.34. The van der Waals surface area contributed by atoms with E-state index < -0.39 is 35.3 Å². The van der Waals surface area contributed by atoms with Crippen molar-refractivity contribution in [3.05, 3.63) is 82.9 Å². The standard InChI is InChI=1S/C26H21F4N3O5/c27-18-13-15(4-8-20(18)38-26(28,29)30)25(9-11-37-21-2-1-10-31-22(21)25)33-23(34)14-3-7-17(24(35)36)19(12-14)32-16-5-6-16/h1-4,7-8,10,12-13,16,32H,5-6,9,11H2,(H,33,34)(H,35,36)/t25-/m0/s1. The summed E-state index contributed by atoms with van der Waals surface area (Å²) in [5.41, 5.74) is -0.699. The molecule has 2 aromatic carbocycles. The Morgan fingerprint density at radius 1 is 1.13 bits per heavy atom. The Balaban J connectivity index is 1.56. The molecule has 2 heterocycles. The highest BCUT2D eigenvalue weighted by Gasteiger charge is 2.43. The van der Waals surface area contributed by atoms with Crippen LogP contribution in [-0.2, 0) is 5.54 Å². The number of fused-ring (bicyclic) bond motifs is 1. The smallest absolute Gasteiger partial charge is 0.491 e. The van der Waals surface area contributed by atoms with Crippen LogP contribution in [0.15, 0.2) is 54.7 Å². The number of alkyl halides is 3. The van der Waals surface area contributed by atoms with Crippen LogP contribution in [0, 0.1) is 5.82 Å². The molecule has 5 rings (SSSR count). The number of anilines is 1. The molecule has 1 aromatic heterocycles. The maximum absolute atomic E-state index is 14.8. The zero-order valence-electron chi connectivity index (χ0n) is 19.6. The number of amides is 1. The molecule has 198 valence electrons. The summed E-state index contributed by atoms with van der Waals surface area (Å²) in [5, 5.41) is 15.5. The van der Waals surface area contributed by atoms with E-state index in [1.165, 1.54) is 30.5 Å². The summed E-state index contributed by atoms with van der Waals surface area (Å²) < 4.78 is 62.3. The molecular weight excluding hydrogens is 510 g/mol. The van der Waals surface area contributed by atoms with Gasteiger partial charge in [0.15, 0.2) is 11.6 Å². The molecule has 2 aliphatic rings. The Morgan fingerprint density at radius 3 is 2.61 bits per heavy atom. The minimum atomic E-state index is -5.09. The lowest BCUT2D eigenvalue weighted by atomic mass is 9.81. The summed E-state index contributed by atoms with van der Waals surface area (Å²) in [6.45, 7) is 0.0911. The number of benzene rings is 2. The van der Waals surface area contributed by atoms with Gasteiger partial charge in [-0.15, -0.1) is 13.2 Å². The third kappa shape index (κ3) is 5.06. The van der Waals surface area contributed by atoms with Crippen molar-refractivity contribution in [2.75, 3.05) is 11.9 Å². The maximum Gasteiger partial charge on any atom is 0.573 e. The zero-order valence-corrected chi connectivity index (χ0v) is 19.6. The molecular formula is C26H21F4N3O5. The summed E-state index contributed by atoms with van der Waals surface area (Å²) in [4.78, 5) is 29.6. The lowest BCUT2D eigenvalue weighted by Gasteiger charge is -2.39. The second-order valence-corrected chi connectivity index (χ2v) is 8.99. The number of carboxylic acids is 1. The van der Waals surface area contributed by atoms with Crippen LogP contribution < -0.4 is 20.1 Å². The Hall–Kier alpha value is -4.35. The van der Waals surface area contributed by atoms with Crippen LogP contribution in [0.2, 0.25) is 0 Å². The fourth-order valence-electron chi connectivity index (χ4n) is 4.41. The van der Waals surface area contributed by atoms with E-state index in [2.05, 4.69) is 20.4 Å². The minimum absolute atomic E-state index is 0.00330. The monoisotopic (exact) mass is 531 g/mol. The van der Waals surface area contributed by atoms with Crippen molar-refractivity contribution in [2.45, 2.75) is 37.2 Å². The number of ether oxygens (including phenoxy) is 2. The van der Waals surface area contributed by atoms with E-state index in [0.717, 1.165) is 25.0 Å². The largest absolute Gasteiger partial charge is 0.573 e. The van der Waals surface area contributed by atoms with E-state index in [0.29, 0.717) is 5.75 Å². The van der Waals surface area contributed by atoms with Gasteiger partial charge in [-0.3, -0.25) is 9.78 Å². The second-order valence-electron chi connectivity index (χ2n) is 8.99. The minimum Gasteiger partial charge on any atom is -0.491 e. The predicted octanol–water partition coefficient (Wildman–Crippen LogP) is 4.85. The molecule has 3 N–H and O–H groups in total. The first-order valence-electron chi connectivity index (χ1n) is 11.7. The number of rotatable bonds is 7. The van der Waals surface area contributed by atoms with Crippen LogP contribution in [0.1, 0.15) is 51.2 Å². The Labute approximate surface area is 213 Å². The van der Waals surface area contributed by atoms with Crippen molar-refractivity contribution in [1.29, 1.82) is 0 Å². The van der Waals surface area contributed by atoms with Gasteiger partial charge >= 0.3 is 12.3 Å². The number of aromatic carboxylic acids is 1. The molecule has 38 heavy (non-hydrogen) atoms. The molecule has 0 radical (unpaired) electrons. The Kier molecular flexibility index (Phi) is 6.33. The van der Waals surface area contributed by atoms with Crippen molar-refractivity contribution in [2.24, 2.45) is 0 Å². The molecule has 1 fully saturated rings. The zero-order chi connectivity index (χ0) is 27.1. The molecule has 0 spiro atoms. The number of nitrogens with one attached hydrogen (secondary N) is 2. The third-order valence-electron chi connectivity index (χ3n) is 6.34. The number of hydrogen-bond acceptors (Lipinski definition) is 6. The van der Waals surface area contributed by atoms with E-state index in [1.807, 2.05) is 0 Å². The number of aromatic nitrogens is 1. The number of carbonyl (C=O) groups is 2. The lowest BCUT2D eigenvalue weighted by Crippen LogP contribution is -2.50. The molecule has 0 unspecified atom stereocenters. The molecule has 1 aliphatic carbocycles.